The topological polar surface area (TPSA) is 61.6 Å². The second kappa shape index (κ2) is 6.56. The fourth-order valence-corrected chi connectivity index (χ4v) is 2.98. The van der Waals surface area contributed by atoms with E-state index in [2.05, 4.69) is 40.4 Å². The number of nitrogens with one attached hydrogen (secondary N) is 1. The van der Waals surface area contributed by atoms with Gasteiger partial charge in [-0.2, -0.15) is 0 Å². The fourth-order valence-electron chi connectivity index (χ4n) is 2.80. The van der Waals surface area contributed by atoms with Gasteiger partial charge in [0.05, 0.1) is 0 Å². The molecular formula is C16H20N4OS. The van der Waals surface area contributed by atoms with E-state index in [1.807, 2.05) is 18.2 Å². The number of piperazine rings is 1. The molecule has 6 heteroatoms. The van der Waals surface area contributed by atoms with Crippen LogP contribution in [0.1, 0.15) is 0 Å². The molecule has 0 bridgehead atoms. The molecule has 5 nitrogen and oxygen atoms in total. The molecule has 2 aromatic carbocycles. The van der Waals surface area contributed by atoms with Crippen molar-refractivity contribution in [1.82, 2.24) is 4.90 Å². The summed E-state index contributed by atoms with van der Waals surface area (Å²) in [7, 11) is 2.15. The number of nitrogens with zero attached hydrogens (tertiary/aromatic N) is 2. The maximum Gasteiger partial charge on any atom is 0.298 e. The SMILES string of the molecule is CN1CCN(c2cccc3ccc(NC(=O)SN)cc23)CC1. The lowest BCUT2D eigenvalue weighted by molar-refractivity contribution is 0.270. The van der Waals surface area contributed by atoms with Gasteiger partial charge in [-0.05, 0) is 30.6 Å². The van der Waals surface area contributed by atoms with Crippen LogP contribution >= 0.6 is 11.9 Å². The van der Waals surface area contributed by atoms with E-state index in [1.165, 1.54) is 11.1 Å². The lowest BCUT2D eigenvalue weighted by Crippen LogP contribution is -2.44. The number of amides is 1. The Balaban J connectivity index is 1.95. The van der Waals surface area contributed by atoms with Crippen molar-refractivity contribution < 1.29 is 4.79 Å². The summed E-state index contributed by atoms with van der Waals surface area (Å²) in [6, 6.07) is 12.3. The van der Waals surface area contributed by atoms with Crippen molar-refractivity contribution in [2.45, 2.75) is 0 Å². The highest BCUT2D eigenvalue weighted by molar-refractivity contribution is 8.11. The summed E-state index contributed by atoms with van der Waals surface area (Å²) in [5.41, 5.74) is 2.00. The molecule has 1 aliphatic rings. The Morgan fingerprint density at radius 1 is 1.18 bits per heavy atom. The molecule has 1 aliphatic heterocycles. The number of fused-ring (bicyclic) bond motifs is 1. The first-order chi connectivity index (χ1) is 10.7. The Hall–Kier alpha value is -1.76. The average Bonchev–Trinajstić information content (AvgIpc) is 2.55. The van der Waals surface area contributed by atoms with Gasteiger partial charge in [-0.25, -0.2) is 0 Å². The van der Waals surface area contributed by atoms with E-state index in [4.69, 9.17) is 5.14 Å². The smallest absolute Gasteiger partial charge is 0.298 e. The first-order valence-electron chi connectivity index (χ1n) is 7.31. The van der Waals surface area contributed by atoms with Crippen LogP contribution in [-0.4, -0.2) is 43.4 Å². The minimum atomic E-state index is -0.253. The predicted molar refractivity (Wildman–Crippen MR) is 94.5 cm³/mol. The number of nitrogens with two attached hydrogens (primary N) is 1. The van der Waals surface area contributed by atoms with Gasteiger partial charge in [0.1, 0.15) is 0 Å². The summed E-state index contributed by atoms with van der Waals surface area (Å²) in [4.78, 5) is 16.2. The average molecular weight is 316 g/mol. The summed E-state index contributed by atoms with van der Waals surface area (Å²) < 4.78 is 0. The maximum absolute atomic E-state index is 11.5. The number of carbonyl (C=O) groups excluding carboxylic acids is 1. The molecule has 1 amide bonds. The summed E-state index contributed by atoms with van der Waals surface area (Å²) in [5, 5.41) is 10.2. The number of anilines is 2. The maximum atomic E-state index is 11.5. The van der Waals surface area contributed by atoms with Crippen LogP contribution in [0.5, 0.6) is 0 Å². The Labute approximate surface area is 134 Å². The molecule has 0 saturated carbocycles. The number of hydrogen-bond donors (Lipinski definition) is 2. The van der Waals surface area contributed by atoms with Gasteiger partial charge in [-0.3, -0.25) is 9.93 Å². The molecule has 0 radical (unpaired) electrons. The van der Waals surface area contributed by atoms with Crippen LogP contribution in [0.15, 0.2) is 36.4 Å². The minimum Gasteiger partial charge on any atom is -0.368 e. The lowest BCUT2D eigenvalue weighted by atomic mass is 10.1. The standard InChI is InChI=1S/C16H20N4OS/c1-19-7-9-20(10-8-19)15-4-2-3-12-5-6-13(11-14(12)15)18-16(21)22-17/h2-6,11H,7-10,17H2,1H3,(H,18,21). The van der Waals surface area contributed by atoms with E-state index in [0.29, 0.717) is 11.9 Å². The van der Waals surface area contributed by atoms with E-state index < -0.39 is 0 Å². The van der Waals surface area contributed by atoms with E-state index in [1.54, 1.807) is 0 Å². The molecule has 1 fully saturated rings. The van der Waals surface area contributed by atoms with Gasteiger partial charge in [0, 0.05) is 54.9 Å². The zero-order valence-corrected chi connectivity index (χ0v) is 13.4. The lowest BCUT2D eigenvalue weighted by Gasteiger charge is -2.34. The summed E-state index contributed by atoms with van der Waals surface area (Å²) >= 11 is 0.692. The van der Waals surface area contributed by atoms with Crippen LogP contribution in [0.4, 0.5) is 16.2 Å². The fraction of sp³-hybridized carbons (Fsp3) is 0.312. The number of likely N-dealkylation sites (N-methyl/N-ethyl adjacent to an activating group) is 1. The van der Waals surface area contributed by atoms with Crippen molar-refractivity contribution in [3.63, 3.8) is 0 Å². The van der Waals surface area contributed by atoms with Gasteiger partial charge < -0.3 is 15.1 Å². The minimum absolute atomic E-state index is 0.253. The Morgan fingerprint density at radius 2 is 1.95 bits per heavy atom. The molecule has 0 spiro atoms. The molecule has 3 rings (SSSR count). The largest absolute Gasteiger partial charge is 0.368 e. The second-order valence-electron chi connectivity index (χ2n) is 5.53. The predicted octanol–water partition coefficient (Wildman–Crippen LogP) is 2.73. The highest BCUT2D eigenvalue weighted by atomic mass is 32.2. The monoisotopic (exact) mass is 316 g/mol. The highest BCUT2D eigenvalue weighted by Gasteiger charge is 2.16. The van der Waals surface area contributed by atoms with E-state index in [9.17, 15) is 4.79 Å². The number of benzene rings is 2. The number of carbonyl (C=O) groups is 1. The van der Waals surface area contributed by atoms with Crippen molar-refractivity contribution in [2.75, 3.05) is 43.4 Å². The van der Waals surface area contributed by atoms with Gasteiger partial charge in [0.15, 0.2) is 0 Å². The van der Waals surface area contributed by atoms with E-state index in [-0.39, 0.29) is 5.24 Å². The summed E-state index contributed by atoms with van der Waals surface area (Å²) in [6.45, 7) is 4.17. The second-order valence-corrected chi connectivity index (χ2v) is 6.14. The van der Waals surface area contributed by atoms with Crippen molar-refractivity contribution in [3.05, 3.63) is 36.4 Å². The van der Waals surface area contributed by atoms with Crippen LogP contribution in [0.3, 0.4) is 0 Å². The third-order valence-electron chi connectivity index (χ3n) is 4.06. The molecule has 22 heavy (non-hydrogen) atoms. The van der Waals surface area contributed by atoms with Crippen LogP contribution in [0.2, 0.25) is 0 Å². The zero-order valence-electron chi connectivity index (χ0n) is 12.6. The molecule has 0 atom stereocenters. The van der Waals surface area contributed by atoms with Crippen LogP contribution in [0, 0.1) is 0 Å². The third-order valence-corrected chi connectivity index (χ3v) is 4.37. The molecule has 0 aromatic heterocycles. The van der Waals surface area contributed by atoms with Crippen LogP contribution < -0.4 is 15.4 Å². The Kier molecular flexibility index (Phi) is 4.52. The van der Waals surface area contributed by atoms with Gasteiger partial charge in [0.25, 0.3) is 5.24 Å². The molecular weight excluding hydrogens is 296 g/mol. The molecule has 116 valence electrons. The van der Waals surface area contributed by atoms with Crippen molar-refractivity contribution in [3.8, 4) is 0 Å². The summed E-state index contributed by atoms with van der Waals surface area (Å²) in [5.74, 6) is 0. The van der Waals surface area contributed by atoms with Gasteiger partial charge in [-0.1, -0.05) is 18.2 Å². The number of hydrogen-bond acceptors (Lipinski definition) is 5. The molecule has 0 aliphatic carbocycles. The highest BCUT2D eigenvalue weighted by Crippen LogP contribution is 2.30. The molecule has 2 aromatic rings. The Bertz CT molecular complexity index is 683. The van der Waals surface area contributed by atoms with Crippen molar-refractivity contribution in [2.24, 2.45) is 5.14 Å². The Morgan fingerprint density at radius 3 is 2.68 bits per heavy atom. The van der Waals surface area contributed by atoms with E-state index in [0.717, 1.165) is 37.3 Å². The van der Waals surface area contributed by atoms with Gasteiger partial charge in [-0.15, -0.1) is 0 Å². The zero-order chi connectivity index (χ0) is 15.5. The van der Waals surface area contributed by atoms with Crippen LogP contribution in [0.25, 0.3) is 10.8 Å². The summed E-state index contributed by atoms with van der Waals surface area (Å²) in [6.07, 6.45) is 0. The normalized spacial score (nSPS) is 16.0. The van der Waals surface area contributed by atoms with Crippen molar-refractivity contribution >= 4 is 39.3 Å². The van der Waals surface area contributed by atoms with Crippen LogP contribution in [-0.2, 0) is 0 Å². The first-order valence-corrected chi connectivity index (χ1v) is 8.19. The van der Waals surface area contributed by atoms with Gasteiger partial charge >= 0.3 is 0 Å². The van der Waals surface area contributed by atoms with Crippen molar-refractivity contribution in [1.29, 1.82) is 0 Å². The van der Waals surface area contributed by atoms with Gasteiger partial charge in [0.2, 0.25) is 0 Å². The third kappa shape index (κ3) is 3.19. The molecule has 0 unspecified atom stereocenters. The molecule has 1 heterocycles. The first kappa shape index (κ1) is 15.1. The number of rotatable bonds is 2. The molecule has 1 saturated heterocycles. The van der Waals surface area contributed by atoms with E-state index >= 15 is 0 Å². The molecule has 3 N–H and O–H groups in total. The quantitative estimate of drug-likeness (QED) is 0.834.